The molecule has 1 aromatic heterocycles. The molecule has 0 radical (unpaired) electrons. The van der Waals surface area contributed by atoms with E-state index in [9.17, 15) is 8.42 Å². The fraction of sp³-hybridized carbons (Fsp3) is 0.588. The van der Waals surface area contributed by atoms with Crippen LogP contribution in [0.25, 0.3) is 11.0 Å². The summed E-state index contributed by atoms with van der Waals surface area (Å²) in [6.45, 7) is 9.30. The van der Waals surface area contributed by atoms with Gasteiger partial charge in [-0.15, -0.1) is 0 Å². The molecule has 1 aliphatic heterocycles. The molecule has 0 bridgehead atoms. The quantitative estimate of drug-likeness (QED) is 0.805. The van der Waals surface area contributed by atoms with Gasteiger partial charge in [-0.25, -0.2) is 17.6 Å². The van der Waals surface area contributed by atoms with Crippen LogP contribution in [-0.4, -0.2) is 30.4 Å². The zero-order valence-corrected chi connectivity index (χ0v) is 15.1. The maximum absolute atomic E-state index is 12.9. The Morgan fingerprint density at radius 3 is 2.43 bits per heavy atom. The first-order chi connectivity index (χ1) is 11.0. The summed E-state index contributed by atoms with van der Waals surface area (Å²) in [6, 6.07) is 5.56. The summed E-state index contributed by atoms with van der Waals surface area (Å²) in [7, 11) is -3.38. The van der Waals surface area contributed by atoms with Crippen molar-refractivity contribution in [3.05, 3.63) is 24.0 Å². The highest BCUT2D eigenvalue weighted by Crippen LogP contribution is 2.24. The molecular weight excluding hydrogens is 310 g/mol. The van der Waals surface area contributed by atoms with Crippen molar-refractivity contribution >= 4 is 21.1 Å². The van der Waals surface area contributed by atoms with Gasteiger partial charge in [0.25, 0.3) is 5.82 Å². The zero-order valence-electron chi connectivity index (χ0n) is 14.2. The molecule has 5 nitrogen and oxygen atoms in total. The summed E-state index contributed by atoms with van der Waals surface area (Å²) in [5, 5.41) is 0. The number of piperidine rings is 1. The number of hydrogen-bond donors (Lipinski definition) is 0. The minimum Gasteiger partial charge on any atom is -0.228 e. The standard InChI is InChI=1S/C17H26N3O2S/c1-4-19-14(3)20(5-2)17-13-15(9-10-16(17)19)23(21,22)18-11-7-6-8-12-18/h9-10,13H,4-8,11-12H2,1-3H3/q+1. The lowest BCUT2D eigenvalue weighted by atomic mass is 10.2. The average molecular weight is 336 g/mol. The van der Waals surface area contributed by atoms with Gasteiger partial charge in [0.15, 0.2) is 11.0 Å². The molecule has 1 saturated heterocycles. The molecule has 126 valence electrons. The van der Waals surface area contributed by atoms with Crippen LogP contribution in [0.1, 0.15) is 38.9 Å². The zero-order chi connectivity index (χ0) is 16.6. The maximum Gasteiger partial charge on any atom is 0.254 e. The molecule has 0 aliphatic carbocycles. The van der Waals surface area contributed by atoms with Crippen molar-refractivity contribution in [1.82, 2.24) is 8.87 Å². The monoisotopic (exact) mass is 336 g/mol. The number of hydrogen-bond acceptors (Lipinski definition) is 2. The van der Waals surface area contributed by atoms with E-state index >= 15 is 0 Å². The van der Waals surface area contributed by atoms with Crippen molar-refractivity contribution in [3.8, 4) is 0 Å². The van der Waals surface area contributed by atoms with Crippen LogP contribution in [0.5, 0.6) is 0 Å². The Balaban J connectivity index is 2.13. The number of sulfonamides is 1. The second-order valence-electron chi connectivity index (χ2n) is 6.15. The van der Waals surface area contributed by atoms with Gasteiger partial charge in [0.2, 0.25) is 10.0 Å². The van der Waals surface area contributed by atoms with E-state index in [0.717, 1.165) is 49.2 Å². The predicted molar refractivity (Wildman–Crippen MR) is 90.8 cm³/mol. The van der Waals surface area contributed by atoms with Crippen molar-refractivity contribution in [1.29, 1.82) is 0 Å². The third-order valence-corrected chi connectivity index (χ3v) is 6.79. The van der Waals surface area contributed by atoms with Gasteiger partial charge in [0.05, 0.1) is 18.0 Å². The molecule has 0 unspecified atom stereocenters. The molecule has 1 fully saturated rings. The van der Waals surface area contributed by atoms with Gasteiger partial charge in [-0.1, -0.05) is 6.42 Å². The van der Waals surface area contributed by atoms with Crippen LogP contribution in [0, 0.1) is 6.92 Å². The summed E-state index contributed by atoms with van der Waals surface area (Å²) >= 11 is 0. The Morgan fingerprint density at radius 2 is 1.83 bits per heavy atom. The summed E-state index contributed by atoms with van der Waals surface area (Å²) in [5.41, 5.74) is 2.11. The fourth-order valence-electron chi connectivity index (χ4n) is 3.66. The molecule has 1 aromatic carbocycles. The molecule has 1 aliphatic rings. The van der Waals surface area contributed by atoms with E-state index in [-0.39, 0.29) is 0 Å². The van der Waals surface area contributed by atoms with Crippen LogP contribution < -0.4 is 4.57 Å². The normalized spacial score (nSPS) is 17.0. The first kappa shape index (κ1) is 16.5. The molecule has 6 heteroatoms. The van der Waals surface area contributed by atoms with E-state index in [0.29, 0.717) is 18.0 Å². The number of rotatable bonds is 4. The number of benzene rings is 1. The molecule has 2 aromatic rings. The van der Waals surface area contributed by atoms with Gasteiger partial charge in [-0.3, -0.25) is 0 Å². The highest BCUT2D eigenvalue weighted by molar-refractivity contribution is 7.89. The topological polar surface area (TPSA) is 46.2 Å². The summed E-state index contributed by atoms with van der Waals surface area (Å²) in [5.74, 6) is 1.16. The van der Waals surface area contributed by atoms with Crippen molar-refractivity contribution in [2.45, 2.75) is 58.0 Å². The number of imidazole rings is 1. The molecular formula is C17H26N3O2S+. The first-order valence-corrected chi connectivity index (χ1v) is 9.97. The lowest BCUT2D eigenvalue weighted by Crippen LogP contribution is -2.36. The number of fused-ring (bicyclic) bond motifs is 1. The van der Waals surface area contributed by atoms with Crippen molar-refractivity contribution < 1.29 is 13.0 Å². The molecule has 3 rings (SSSR count). The van der Waals surface area contributed by atoms with Gasteiger partial charge < -0.3 is 0 Å². The van der Waals surface area contributed by atoms with E-state index in [1.165, 1.54) is 0 Å². The fourth-order valence-corrected chi connectivity index (χ4v) is 5.19. The third-order valence-electron chi connectivity index (χ3n) is 4.89. The van der Waals surface area contributed by atoms with Gasteiger partial charge in [0, 0.05) is 26.1 Å². The first-order valence-electron chi connectivity index (χ1n) is 8.53. The Morgan fingerprint density at radius 1 is 1.13 bits per heavy atom. The van der Waals surface area contributed by atoms with Crippen LogP contribution in [0.3, 0.4) is 0 Å². The van der Waals surface area contributed by atoms with E-state index < -0.39 is 10.0 Å². The van der Waals surface area contributed by atoms with Crippen LogP contribution in [0.15, 0.2) is 23.1 Å². The lowest BCUT2D eigenvalue weighted by Gasteiger charge is -2.25. The van der Waals surface area contributed by atoms with Gasteiger partial charge in [-0.05, 0) is 38.8 Å². The Kier molecular flexibility index (Phi) is 4.47. The van der Waals surface area contributed by atoms with Gasteiger partial charge in [0.1, 0.15) is 0 Å². The summed E-state index contributed by atoms with van der Waals surface area (Å²) < 4.78 is 31.9. The summed E-state index contributed by atoms with van der Waals surface area (Å²) in [4.78, 5) is 0.419. The highest BCUT2D eigenvalue weighted by Gasteiger charge is 2.28. The highest BCUT2D eigenvalue weighted by atomic mass is 32.2. The molecule has 0 atom stereocenters. The Bertz CT molecular complexity index is 818. The van der Waals surface area contributed by atoms with Crippen LogP contribution in [0.4, 0.5) is 0 Å². The second-order valence-corrected chi connectivity index (χ2v) is 8.09. The maximum atomic E-state index is 12.9. The molecule has 2 heterocycles. The van der Waals surface area contributed by atoms with E-state index in [1.54, 1.807) is 10.4 Å². The van der Waals surface area contributed by atoms with Crippen LogP contribution in [0.2, 0.25) is 0 Å². The number of aromatic nitrogens is 2. The molecule has 0 saturated carbocycles. The molecule has 0 N–H and O–H groups in total. The largest absolute Gasteiger partial charge is 0.254 e. The van der Waals surface area contributed by atoms with Crippen LogP contribution in [-0.2, 0) is 23.1 Å². The van der Waals surface area contributed by atoms with Gasteiger partial charge in [-0.2, -0.15) is 4.31 Å². The Labute approximate surface area is 138 Å². The van der Waals surface area contributed by atoms with Crippen molar-refractivity contribution in [2.75, 3.05) is 13.1 Å². The molecule has 23 heavy (non-hydrogen) atoms. The van der Waals surface area contributed by atoms with E-state index in [4.69, 9.17) is 0 Å². The van der Waals surface area contributed by atoms with Crippen LogP contribution >= 0.6 is 0 Å². The van der Waals surface area contributed by atoms with E-state index in [1.807, 2.05) is 12.1 Å². The average Bonchev–Trinajstić information content (AvgIpc) is 2.85. The molecule has 0 spiro atoms. The van der Waals surface area contributed by atoms with Crippen molar-refractivity contribution in [3.63, 3.8) is 0 Å². The third kappa shape index (κ3) is 2.68. The minimum absolute atomic E-state index is 0.419. The van der Waals surface area contributed by atoms with Gasteiger partial charge >= 0.3 is 0 Å². The lowest BCUT2D eigenvalue weighted by molar-refractivity contribution is -0.674. The smallest absolute Gasteiger partial charge is 0.228 e. The second kappa shape index (κ2) is 6.24. The Hall–Kier alpha value is -1.40. The SMILES string of the molecule is CCn1c(C)[n+](CC)c2ccc(S(=O)(=O)N3CCCCC3)cc21. The summed E-state index contributed by atoms with van der Waals surface area (Å²) in [6.07, 6.45) is 3.04. The predicted octanol–water partition coefficient (Wildman–Crippen LogP) is 2.45. The van der Waals surface area contributed by atoms with E-state index in [2.05, 4.69) is 29.9 Å². The minimum atomic E-state index is -3.38. The number of nitrogens with zero attached hydrogens (tertiary/aromatic N) is 3. The number of aryl methyl sites for hydroxylation is 2. The molecule has 0 amide bonds. The van der Waals surface area contributed by atoms with Crippen molar-refractivity contribution in [2.24, 2.45) is 0 Å².